The minimum atomic E-state index is -0.603. The molecule has 1 aromatic carbocycles. The van der Waals surface area contributed by atoms with Gasteiger partial charge in [-0.25, -0.2) is 4.79 Å². The van der Waals surface area contributed by atoms with Crippen molar-refractivity contribution in [1.82, 2.24) is 0 Å². The van der Waals surface area contributed by atoms with Crippen LogP contribution in [0.1, 0.15) is 43.7 Å². The molecule has 0 unspecified atom stereocenters. The highest BCUT2D eigenvalue weighted by atomic mass is 16.5. The largest absolute Gasteiger partial charge is 0.507 e. The van der Waals surface area contributed by atoms with Crippen molar-refractivity contribution in [3.63, 3.8) is 0 Å². The van der Waals surface area contributed by atoms with E-state index in [0.29, 0.717) is 17.4 Å². The molecular weight excluding hydrogens is 296 g/mol. The second kappa shape index (κ2) is 6.86. The fraction of sp³-hybridized carbons (Fsp3) is 0.444. The summed E-state index contributed by atoms with van der Waals surface area (Å²) in [5.41, 5.74) is 0.833. The van der Waals surface area contributed by atoms with E-state index < -0.39 is 17.5 Å². The van der Waals surface area contributed by atoms with Gasteiger partial charge in [0.15, 0.2) is 0 Å². The Morgan fingerprint density at radius 1 is 1.35 bits per heavy atom. The standard InChI is InChI=1S/C18H22O5/c1-10(2)7-12(9-15(19)22-4)16-17(20)13-8-11(3)5-6-14(13)23-18(16)21/h5-6,8,10,12,20H,7,9H2,1-4H3/t12-/m1/s1. The molecule has 1 aromatic heterocycles. The van der Waals surface area contributed by atoms with Crippen LogP contribution in [0.15, 0.2) is 27.4 Å². The van der Waals surface area contributed by atoms with E-state index in [2.05, 4.69) is 0 Å². The first-order valence-electron chi connectivity index (χ1n) is 7.66. The lowest BCUT2D eigenvalue weighted by Gasteiger charge is -2.19. The fourth-order valence-electron chi connectivity index (χ4n) is 2.83. The van der Waals surface area contributed by atoms with Crippen molar-refractivity contribution in [2.75, 3.05) is 7.11 Å². The second-order valence-corrected chi connectivity index (χ2v) is 6.26. The molecule has 2 aromatic rings. The van der Waals surface area contributed by atoms with Crippen LogP contribution < -0.4 is 5.63 Å². The van der Waals surface area contributed by atoms with Crippen LogP contribution in [0, 0.1) is 12.8 Å². The highest BCUT2D eigenvalue weighted by molar-refractivity contribution is 5.85. The molecule has 1 heterocycles. The lowest BCUT2D eigenvalue weighted by atomic mass is 9.87. The van der Waals surface area contributed by atoms with Crippen LogP contribution in [-0.4, -0.2) is 18.2 Å². The Morgan fingerprint density at radius 3 is 2.65 bits per heavy atom. The molecule has 23 heavy (non-hydrogen) atoms. The van der Waals surface area contributed by atoms with Crippen LogP contribution in [0.5, 0.6) is 5.75 Å². The van der Waals surface area contributed by atoms with Gasteiger partial charge in [0.05, 0.1) is 24.5 Å². The molecule has 5 nitrogen and oxygen atoms in total. The lowest BCUT2D eigenvalue weighted by Crippen LogP contribution is -2.18. The van der Waals surface area contributed by atoms with Gasteiger partial charge in [-0.05, 0) is 31.4 Å². The Morgan fingerprint density at radius 2 is 2.04 bits per heavy atom. The first-order chi connectivity index (χ1) is 10.8. The van der Waals surface area contributed by atoms with Gasteiger partial charge in [0.2, 0.25) is 0 Å². The molecule has 0 amide bonds. The Kier molecular flexibility index (Phi) is 5.08. The minimum Gasteiger partial charge on any atom is -0.507 e. The number of esters is 1. The normalized spacial score (nSPS) is 12.6. The number of carbonyl (C=O) groups excluding carboxylic acids is 1. The molecule has 1 atom stereocenters. The summed E-state index contributed by atoms with van der Waals surface area (Å²) in [6, 6.07) is 5.24. The van der Waals surface area contributed by atoms with Gasteiger partial charge >= 0.3 is 11.6 Å². The van der Waals surface area contributed by atoms with Crippen molar-refractivity contribution in [3.8, 4) is 5.75 Å². The molecule has 0 saturated carbocycles. The monoisotopic (exact) mass is 318 g/mol. The zero-order chi connectivity index (χ0) is 17.1. The molecule has 0 aliphatic carbocycles. The van der Waals surface area contributed by atoms with Crippen LogP contribution in [0.25, 0.3) is 11.0 Å². The molecular formula is C18H22O5. The van der Waals surface area contributed by atoms with Crippen molar-refractivity contribution < 1.29 is 19.1 Å². The van der Waals surface area contributed by atoms with Gasteiger partial charge in [-0.2, -0.15) is 0 Å². The van der Waals surface area contributed by atoms with Crippen molar-refractivity contribution in [1.29, 1.82) is 0 Å². The van der Waals surface area contributed by atoms with Gasteiger partial charge < -0.3 is 14.3 Å². The SMILES string of the molecule is COC(=O)C[C@@H](CC(C)C)c1c(O)c2cc(C)ccc2oc1=O. The average Bonchev–Trinajstić information content (AvgIpc) is 2.47. The van der Waals surface area contributed by atoms with Gasteiger partial charge in [-0.3, -0.25) is 4.79 Å². The fourth-order valence-corrected chi connectivity index (χ4v) is 2.83. The first kappa shape index (κ1) is 17.1. The number of hydrogen-bond acceptors (Lipinski definition) is 5. The highest BCUT2D eigenvalue weighted by Gasteiger charge is 2.26. The summed E-state index contributed by atoms with van der Waals surface area (Å²) in [6.45, 7) is 5.88. The van der Waals surface area contributed by atoms with E-state index in [1.807, 2.05) is 26.8 Å². The quantitative estimate of drug-likeness (QED) is 0.674. The van der Waals surface area contributed by atoms with E-state index in [9.17, 15) is 14.7 Å². The number of carbonyl (C=O) groups is 1. The third kappa shape index (κ3) is 3.73. The van der Waals surface area contributed by atoms with Crippen molar-refractivity contribution in [2.45, 2.75) is 39.5 Å². The van der Waals surface area contributed by atoms with E-state index in [1.165, 1.54) is 7.11 Å². The maximum Gasteiger partial charge on any atom is 0.343 e. The molecule has 0 fully saturated rings. The molecule has 0 aliphatic rings. The summed E-state index contributed by atoms with van der Waals surface area (Å²) in [6.07, 6.45) is 0.606. The third-order valence-electron chi connectivity index (χ3n) is 3.87. The zero-order valence-corrected chi connectivity index (χ0v) is 13.9. The average molecular weight is 318 g/mol. The van der Waals surface area contributed by atoms with Gasteiger partial charge in [-0.15, -0.1) is 0 Å². The number of benzene rings is 1. The summed E-state index contributed by atoms with van der Waals surface area (Å²) in [5, 5.41) is 11.1. The van der Waals surface area contributed by atoms with Crippen LogP contribution >= 0.6 is 0 Å². The summed E-state index contributed by atoms with van der Waals surface area (Å²) in [7, 11) is 1.31. The van der Waals surface area contributed by atoms with Gasteiger partial charge in [0.1, 0.15) is 11.3 Å². The number of methoxy groups -OCH3 is 1. The molecule has 5 heteroatoms. The number of aryl methyl sites for hydroxylation is 1. The molecule has 0 spiro atoms. The van der Waals surface area contributed by atoms with Crippen molar-refractivity contribution >= 4 is 16.9 Å². The van der Waals surface area contributed by atoms with Gasteiger partial charge in [-0.1, -0.05) is 25.5 Å². The van der Waals surface area contributed by atoms with Gasteiger partial charge in [0, 0.05) is 5.92 Å². The predicted octanol–water partition coefficient (Wildman–Crippen LogP) is 3.50. The molecule has 1 N–H and O–H groups in total. The predicted molar refractivity (Wildman–Crippen MR) is 87.7 cm³/mol. The first-order valence-corrected chi connectivity index (χ1v) is 7.66. The van der Waals surface area contributed by atoms with E-state index >= 15 is 0 Å². The minimum absolute atomic E-state index is 0.0321. The molecule has 124 valence electrons. The summed E-state index contributed by atoms with van der Waals surface area (Å²) in [5.74, 6) is -0.714. The topological polar surface area (TPSA) is 76.7 Å². The number of aromatic hydroxyl groups is 1. The Labute approximate surface area is 134 Å². The summed E-state index contributed by atoms with van der Waals surface area (Å²) in [4.78, 5) is 24.0. The van der Waals surface area contributed by atoms with Crippen LogP contribution in [0.2, 0.25) is 0 Å². The highest BCUT2D eigenvalue weighted by Crippen LogP contribution is 2.36. The molecule has 2 rings (SSSR count). The smallest absolute Gasteiger partial charge is 0.343 e. The Hall–Kier alpha value is -2.30. The Bertz CT molecular complexity index is 773. The van der Waals surface area contributed by atoms with Crippen molar-refractivity contribution in [2.24, 2.45) is 5.92 Å². The van der Waals surface area contributed by atoms with E-state index in [4.69, 9.17) is 9.15 Å². The maximum absolute atomic E-state index is 12.4. The van der Waals surface area contributed by atoms with E-state index in [0.717, 1.165) is 5.56 Å². The van der Waals surface area contributed by atoms with Gasteiger partial charge in [0.25, 0.3) is 0 Å². The second-order valence-electron chi connectivity index (χ2n) is 6.26. The molecule has 0 aliphatic heterocycles. The number of rotatable bonds is 5. The molecule has 0 radical (unpaired) electrons. The zero-order valence-electron chi connectivity index (χ0n) is 13.9. The number of ether oxygens (including phenoxy) is 1. The maximum atomic E-state index is 12.4. The summed E-state index contributed by atoms with van der Waals surface area (Å²) < 4.78 is 10.1. The lowest BCUT2D eigenvalue weighted by molar-refractivity contribution is -0.141. The summed E-state index contributed by atoms with van der Waals surface area (Å²) >= 11 is 0. The van der Waals surface area contributed by atoms with Crippen LogP contribution in [0.3, 0.4) is 0 Å². The third-order valence-corrected chi connectivity index (χ3v) is 3.87. The number of hydrogen-bond donors (Lipinski definition) is 1. The van der Waals surface area contributed by atoms with E-state index in [1.54, 1.807) is 12.1 Å². The molecule has 0 bridgehead atoms. The Balaban J connectivity index is 2.61. The van der Waals surface area contributed by atoms with E-state index in [-0.39, 0.29) is 23.7 Å². The van der Waals surface area contributed by atoms with Crippen molar-refractivity contribution in [3.05, 3.63) is 39.7 Å². The van der Waals surface area contributed by atoms with Crippen LogP contribution in [-0.2, 0) is 9.53 Å². The molecule has 0 saturated heterocycles. The van der Waals surface area contributed by atoms with Crippen LogP contribution in [0.4, 0.5) is 0 Å². The number of fused-ring (bicyclic) bond motifs is 1.